The van der Waals surface area contributed by atoms with Gasteiger partial charge >= 0.3 is 0 Å². The van der Waals surface area contributed by atoms with E-state index < -0.39 is 0 Å². The molecule has 3 heteroatoms. The average molecular weight is 295 g/mol. The molecule has 2 nitrogen and oxygen atoms in total. The highest BCUT2D eigenvalue weighted by Gasteiger charge is 2.20. The lowest BCUT2D eigenvalue weighted by molar-refractivity contribution is 0.453. The van der Waals surface area contributed by atoms with Gasteiger partial charge in [-0.25, -0.2) is 4.98 Å². The fourth-order valence-corrected chi connectivity index (χ4v) is 4.40. The highest BCUT2D eigenvalue weighted by molar-refractivity contribution is 7.11. The minimum absolute atomic E-state index is 0.692. The molecule has 1 fully saturated rings. The van der Waals surface area contributed by atoms with E-state index in [1.54, 1.807) is 0 Å². The van der Waals surface area contributed by atoms with Crippen molar-refractivity contribution in [2.75, 3.05) is 7.05 Å². The molecule has 0 aliphatic heterocycles. The highest BCUT2D eigenvalue weighted by Crippen LogP contribution is 2.35. The Morgan fingerprint density at radius 3 is 2.40 bits per heavy atom. The number of thiazole rings is 1. The quantitative estimate of drug-likeness (QED) is 0.836. The van der Waals surface area contributed by atoms with Gasteiger partial charge in [0.1, 0.15) is 0 Å². The summed E-state index contributed by atoms with van der Waals surface area (Å²) in [7, 11) is 2.04. The van der Waals surface area contributed by atoms with E-state index in [1.807, 2.05) is 18.4 Å². The molecule has 0 aromatic carbocycles. The van der Waals surface area contributed by atoms with Crippen molar-refractivity contribution in [3.63, 3.8) is 0 Å². The highest BCUT2D eigenvalue weighted by atomic mass is 32.1. The van der Waals surface area contributed by atoms with Gasteiger partial charge in [-0.3, -0.25) is 0 Å². The van der Waals surface area contributed by atoms with Gasteiger partial charge in [0.25, 0.3) is 0 Å². The lowest BCUT2D eigenvalue weighted by Crippen LogP contribution is -2.07. The first-order chi connectivity index (χ1) is 9.70. The first kappa shape index (κ1) is 16.0. The van der Waals surface area contributed by atoms with E-state index >= 15 is 0 Å². The van der Waals surface area contributed by atoms with Crippen LogP contribution in [0.25, 0.3) is 0 Å². The average Bonchev–Trinajstić information content (AvgIpc) is 2.71. The number of hydrogen-bond acceptors (Lipinski definition) is 3. The van der Waals surface area contributed by atoms with Crippen molar-refractivity contribution in [2.45, 2.75) is 77.7 Å². The van der Waals surface area contributed by atoms with Gasteiger partial charge in [0.05, 0.1) is 10.7 Å². The van der Waals surface area contributed by atoms with Gasteiger partial charge in [-0.2, -0.15) is 0 Å². The van der Waals surface area contributed by atoms with Crippen LogP contribution in [-0.4, -0.2) is 12.0 Å². The second kappa shape index (κ2) is 8.14. The monoisotopic (exact) mass is 294 g/mol. The van der Waals surface area contributed by atoms with Crippen LogP contribution in [0.1, 0.15) is 80.3 Å². The summed E-state index contributed by atoms with van der Waals surface area (Å²) in [5.74, 6) is 1.43. The third-order valence-corrected chi connectivity index (χ3v) is 5.45. The van der Waals surface area contributed by atoms with Crippen LogP contribution in [0.4, 0.5) is 0 Å². The first-order valence-electron chi connectivity index (χ1n) is 8.33. The maximum atomic E-state index is 5.04. The Hall–Kier alpha value is -0.410. The van der Waals surface area contributed by atoms with Crippen LogP contribution >= 0.6 is 11.3 Å². The number of nitrogens with one attached hydrogen (secondary N) is 1. The summed E-state index contributed by atoms with van der Waals surface area (Å²) in [6.07, 6.45) is 10.9. The van der Waals surface area contributed by atoms with Gasteiger partial charge in [-0.1, -0.05) is 46.0 Å². The second-order valence-electron chi connectivity index (χ2n) is 6.59. The maximum absolute atomic E-state index is 5.04. The van der Waals surface area contributed by atoms with Crippen molar-refractivity contribution in [3.05, 3.63) is 15.6 Å². The molecule has 1 aromatic rings. The van der Waals surface area contributed by atoms with Gasteiger partial charge in [0.2, 0.25) is 0 Å². The fraction of sp³-hybridized carbons (Fsp3) is 0.824. The third-order valence-electron chi connectivity index (χ3n) is 4.19. The molecular formula is C17H30N2S. The van der Waals surface area contributed by atoms with E-state index in [-0.39, 0.29) is 0 Å². The third kappa shape index (κ3) is 4.56. The maximum Gasteiger partial charge on any atom is 0.0962 e. The second-order valence-corrected chi connectivity index (χ2v) is 7.71. The Kier molecular flexibility index (Phi) is 6.50. The van der Waals surface area contributed by atoms with Crippen molar-refractivity contribution >= 4 is 11.3 Å². The lowest BCUT2D eigenvalue weighted by Gasteiger charge is -2.17. The summed E-state index contributed by atoms with van der Waals surface area (Å²) in [6, 6.07) is 0. The zero-order valence-electron chi connectivity index (χ0n) is 13.4. The predicted molar refractivity (Wildman–Crippen MR) is 88.5 cm³/mol. The lowest BCUT2D eigenvalue weighted by atomic mass is 9.91. The van der Waals surface area contributed by atoms with Gasteiger partial charge < -0.3 is 5.32 Å². The molecule has 0 radical (unpaired) electrons. The normalized spacial score (nSPS) is 18.2. The summed E-state index contributed by atoms with van der Waals surface area (Å²) in [5.41, 5.74) is 1.36. The zero-order valence-corrected chi connectivity index (χ0v) is 14.2. The van der Waals surface area contributed by atoms with E-state index in [0.717, 1.165) is 18.9 Å². The molecule has 1 aliphatic carbocycles. The minimum atomic E-state index is 0.692. The first-order valence-corrected chi connectivity index (χ1v) is 9.15. The molecule has 114 valence electrons. The molecule has 1 aliphatic rings. The number of rotatable bonds is 5. The molecule has 0 unspecified atom stereocenters. The van der Waals surface area contributed by atoms with Crippen LogP contribution in [-0.2, 0) is 13.0 Å². The number of hydrogen-bond donors (Lipinski definition) is 1. The van der Waals surface area contributed by atoms with Crippen molar-refractivity contribution in [1.82, 2.24) is 10.3 Å². The fourth-order valence-electron chi connectivity index (χ4n) is 3.13. The molecule has 1 heterocycles. The summed E-state index contributed by atoms with van der Waals surface area (Å²) in [6.45, 7) is 5.56. The van der Waals surface area contributed by atoms with Crippen LogP contribution in [0.15, 0.2) is 0 Å². The van der Waals surface area contributed by atoms with E-state index in [4.69, 9.17) is 4.98 Å². The van der Waals surface area contributed by atoms with Gasteiger partial charge in [-0.05, 0) is 32.2 Å². The van der Waals surface area contributed by atoms with Crippen LogP contribution in [0.2, 0.25) is 0 Å². The van der Waals surface area contributed by atoms with E-state index in [9.17, 15) is 0 Å². The minimum Gasteiger partial charge on any atom is -0.315 e. The molecule has 1 N–H and O–H groups in total. The SMILES string of the molecule is CNCc1sc(C2CCCCCCC2)nc1CC(C)C. The molecule has 1 saturated carbocycles. The van der Waals surface area contributed by atoms with Gasteiger partial charge in [0, 0.05) is 17.3 Å². The van der Waals surface area contributed by atoms with Crippen molar-refractivity contribution in [1.29, 1.82) is 0 Å². The van der Waals surface area contributed by atoms with Crippen molar-refractivity contribution < 1.29 is 0 Å². The summed E-state index contributed by atoms with van der Waals surface area (Å²) < 4.78 is 0. The van der Waals surface area contributed by atoms with E-state index in [1.165, 1.54) is 60.5 Å². The van der Waals surface area contributed by atoms with E-state index in [2.05, 4.69) is 19.2 Å². The van der Waals surface area contributed by atoms with E-state index in [0.29, 0.717) is 5.92 Å². The van der Waals surface area contributed by atoms with Crippen molar-refractivity contribution in [2.24, 2.45) is 5.92 Å². The Bertz CT molecular complexity index is 390. The largest absolute Gasteiger partial charge is 0.315 e. The molecule has 0 atom stereocenters. The smallest absolute Gasteiger partial charge is 0.0962 e. The molecule has 0 bridgehead atoms. The summed E-state index contributed by atoms with van der Waals surface area (Å²) >= 11 is 1.98. The topological polar surface area (TPSA) is 24.9 Å². The van der Waals surface area contributed by atoms with Gasteiger partial charge in [-0.15, -0.1) is 11.3 Å². The summed E-state index contributed by atoms with van der Waals surface area (Å²) in [4.78, 5) is 6.51. The molecule has 20 heavy (non-hydrogen) atoms. The molecule has 0 amide bonds. The van der Waals surface area contributed by atoms with Gasteiger partial charge in [0.15, 0.2) is 0 Å². The standard InChI is InChI=1S/C17H30N2S/c1-13(2)11-15-16(12-18-3)20-17(19-15)14-9-7-5-4-6-8-10-14/h13-14,18H,4-12H2,1-3H3. The Morgan fingerprint density at radius 2 is 1.80 bits per heavy atom. The molecular weight excluding hydrogens is 264 g/mol. The summed E-state index contributed by atoms with van der Waals surface area (Å²) in [5, 5.41) is 4.73. The Morgan fingerprint density at radius 1 is 1.15 bits per heavy atom. The predicted octanol–water partition coefficient (Wildman–Crippen LogP) is 4.89. The molecule has 0 saturated heterocycles. The molecule has 2 rings (SSSR count). The number of nitrogens with zero attached hydrogens (tertiary/aromatic N) is 1. The zero-order chi connectivity index (χ0) is 14.4. The Balaban J connectivity index is 2.12. The van der Waals surface area contributed by atoms with Crippen LogP contribution in [0, 0.1) is 5.92 Å². The van der Waals surface area contributed by atoms with Crippen LogP contribution < -0.4 is 5.32 Å². The number of aromatic nitrogens is 1. The van der Waals surface area contributed by atoms with Crippen molar-refractivity contribution in [3.8, 4) is 0 Å². The Labute approximate surface area is 128 Å². The van der Waals surface area contributed by atoms with Crippen LogP contribution in [0.5, 0.6) is 0 Å². The van der Waals surface area contributed by atoms with Crippen LogP contribution in [0.3, 0.4) is 0 Å². The molecule has 1 aromatic heterocycles. The molecule has 0 spiro atoms.